The van der Waals surface area contributed by atoms with E-state index in [9.17, 15) is 0 Å². The highest BCUT2D eigenvalue weighted by Gasteiger charge is 2.16. The average Bonchev–Trinajstić information content (AvgIpc) is 2.90. The summed E-state index contributed by atoms with van der Waals surface area (Å²) in [5, 5.41) is 9.17. The van der Waals surface area contributed by atoms with Gasteiger partial charge in [0.25, 0.3) is 0 Å². The van der Waals surface area contributed by atoms with Gasteiger partial charge in [0.1, 0.15) is 0 Å². The normalized spacial score (nSPS) is 20.7. The number of hydrogen-bond donors (Lipinski definition) is 1. The molecule has 0 radical (unpaired) electrons. The highest BCUT2D eigenvalue weighted by atomic mass is 79.9. The van der Waals surface area contributed by atoms with Gasteiger partial charge in [-0.3, -0.25) is 4.68 Å². The van der Waals surface area contributed by atoms with Crippen molar-refractivity contribution in [1.29, 1.82) is 0 Å². The van der Waals surface area contributed by atoms with Gasteiger partial charge in [0.2, 0.25) is 0 Å². The number of hydrogen-bond acceptors (Lipinski definition) is 2. The molecule has 1 atom stereocenters. The number of benzene rings is 1. The van der Waals surface area contributed by atoms with Gasteiger partial charge in [-0.1, -0.05) is 12.1 Å². The van der Waals surface area contributed by atoms with Gasteiger partial charge in [-0.05, 0) is 41.4 Å². The molecule has 1 aromatic carbocycles. The summed E-state index contributed by atoms with van der Waals surface area (Å²) in [5.74, 6) is 0. The van der Waals surface area contributed by atoms with Crippen molar-refractivity contribution in [2.75, 3.05) is 6.54 Å². The fraction of sp³-hybridized carbons (Fsp3) is 0.417. The van der Waals surface area contributed by atoms with Crippen LogP contribution in [-0.2, 0) is 6.54 Å². The third-order valence-corrected chi connectivity index (χ3v) is 3.81. The highest BCUT2D eigenvalue weighted by molar-refractivity contribution is 9.10. The maximum absolute atomic E-state index is 4.47. The van der Waals surface area contributed by atoms with Crippen molar-refractivity contribution in [3.05, 3.63) is 28.9 Å². The third kappa shape index (κ3) is 1.76. The summed E-state index contributed by atoms with van der Waals surface area (Å²) in [6.07, 6.45) is 4.48. The number of aromatic nitrogens is 2. The molecule has 16 heavy (non-hydrogen) atoms. The SMILES string of the molecule is Brc1cccc2cnn(CC3CCCN3)c12. The Balaban J connectivity index is 1.97. The van der Waals surface area contributed by atoms with Crippen LogP contribution < -0.4 is 5.32 Å². The molecule has 0 aliphatic carbocycles. The minimum Gasteiger partial charge on any atom is -0.312 e. The second kappa shape index (κ2) is 4.18. The quantitative estimate of drug-likeness (QED) is 0.916. The predicted octanol–water partition coefficient (Wildman–Crippen LogP) is 2.55. The Hall–Kier alpha value is -0.870. The first-order chi connectivity index (χ1) is 7.84. The van der Waals surface area contributed by atoms with E-state index in [2.05, 4.69) is 43.2 Å². The maximum atomic E-state index is 4.47. The Morgan fingerprint density at radius 1 is 1.50 bits per heavy atom. The lowest BCUT2D eigenvalue weighted by Crippen LogP contribution is -2.27. The van der Waals surface area contributed by atoms with Crippen LogP contribution in [0.1, 0.15) is 12.8 Å². The summed E-state index contributed by atoms with van der Waals surface area (Å²) in [4.78, 5) is 0. The van der Waals surface area contributed by atoms with E-state index in [1.165, 1.54) is 23.7 Å². The van der Waals surface area contributed by atoms with E-state index in [-0.39, 0.29) is 0 Å². The third-order valence-electron chi connectivity index (χ3n) is 3.17. The van der Waals surface area contributed by atoms with Crippen molar-refractivity contribution in [2.45, 2.75) is 25.4 Å². The summed E-state index contributed by atoms with van der Waals surface area (Å²) in [6.45, 7) is 2.11. The zero-order valence-corrected chi connectivity index (χ0v) is 10.6. The number of fused-ring (bicyclic) bond motifs is 1. The Kier molecular flexibility index (Phi) is 2.69. The molecule has 1 aliphatic heterocycles. The van der Waals surface area contributed by atoms with E-state index < -0.39 is 0 Å². The Labute approximate surface area is 103 Å². The van der Waals surface area contributed by atoms with Gasteiger partial charge in [0, 0.05) is 15.9 Å². The minimum absolute atomic E-state index is 0.579. The first-order valence-electron chi connectivity index (χ1n) is 5.68. The molecule has 4 heteroatoms. The molecule has 0 bridgehead atoms. The van der Waals surface area contributed by atoms with Crippen LogP contribution in [0, 0.1) is 0 Å². The number of nitrogens with one attached hydrogen (secondary N) is 1. The van der Waals surface area contributed by atoms with Crippen LogP contribution in [0.5, 0.6) is 0 Å². The van der Waals surface area contributed by atoms with Crippen LogP contribution in [0.3, 0.4) is 0 Å². The van der Waals surface area contributed by atoms with Gasteiger partial charge in [-0.2, -0.15) is 5.10 Å². The van der Waals surface area contributed by atoms with Crippen molar-refractivity contribution in [1.82, 2.24) is 15.1 Å². The summed E-state index contributed by atoms with van der Waals surface area (Å²) in [5.41, 5.74) is 1.20. The smallest absolute Gasteiger partial charge is 0.0825 e. The molecule has 1 unspecified atom stereocenters. The van der Waals surface area contributed by atoms with Gasteiger partial charge in [-0.15, -0.1) is 0 Å². The van der Waals surface area contributed by atoms with Crippen molar-refractivity contribution in [3.8, 4) is 0 Å². The maximum Gasteiger partial charge on any atom is 0.0825 e. The number of halogens is 1. The lowest BCUT2D eigenvalue weighted by molar-refractivity contribution is 0.486. The van der Waals surface area contributed by atoms with Crippen LogP contribution in [0.25, 0.3) is 10.9 Å². The summed E-state index contributed by atoms with van der Waals surface area (Å²) in [7, 11) is 0. The molecule has 1 aromatic heterocycles. The summed E-state index contributed by atoms with van der Waals surface area (Å²) >= 11 is 3.60. The molecule has 1 saturated heterocycles. The minimum atomic E-state index is 0.579. The monoisotopic (exact) mass is 279 g/mol. The van der Waals surface area contributed by atoms with Gasteiger partial charge < -0.3 is 5.32 Å². The Morgan fingerprint density at radius 2 is 2.44 bits per heavy atom. The fourth-order valence-electron chi connectivity index (χ4n) is 2.36. The van der Waals surface area contributed by atoms with E-state index >= 15 is 0 Å². The molecule has 1 fully saturated rings. The van der Waals surface area contributed by atoms with Gasteiger partial charge in [-0.25, -0.2) is 0 Å². The van der Waals surface area contributed by atoms with Crippen molar-refractivity contribution >= 4 is 26.8 Å². The zero-order valence-electron chi connectivity index (χ0n) is 8.99. The van der Waals surface area contributed by atoms with Crippen LogP contribution in [0.2, 0.25) is 0 Å². The molecular weight excluding hydrogens is 266 g/mol. The lowest BCUT2D eigenvalue weighted by atomic mass is 10.2. The first kappa shape index (κ1) is 10.3. The van der Waals surface area contributed by atoms with Gasteiger partial charge in [0.15, 0.2) is 0 Å². The number of para-hydroxylation sites is 1. The second-order valence-electron chi connectivity index (χ2n) is 4.30. The van der Waals surface area contributed by atoms with Crippen molar-refractivity contribution < 1.29 is 0 Å². The average molecular weight is 280 g/mol. The highest BCUT2D eigenvalue weighted by Crippen LogP contribution is 2.24. The van der Waals surface area contributed by atoms with E-state index in [1.807, 2.05) is 12.3 Å². The lowest BCUT2D eigenvalue weighted by Gasteiger charge is -2.11. The molecule has 84 valence electrons. The summed E-state index contributed by atoms with van der Waals surface area (Å²) < 4.78 is 3.23. The molecule has 0 saturated carbocycles. The van der Waals surface area contributed by atoms with E-state index in [0.717, 1.165) is 17.6 Å². The van der Waals surface area contributed by atoms with Gasteiger partial charge in [0.05, 0.1) is 18.3 Å². The van der Waals surface area contributed by atoms with E-state index in [1.54, 1.807) is 0 Å². The Morgan fingerprint density at radius 3 is 3.25 bits per heavy atom. The topological polar surface area (TPSA) is 29.9 Å². The van der Waals surface area contributed by atoms with Gasteiger partial charge >= 0.3 is 0 Å². The second-order valence-corrected chi connectivity index (χ2v) is 5.15. The summed E-state index contributed by atoms with van der Waals surface area (Å²) in [6, 6.07) is 6.80. The predicted molar refractivity (Wildman–Crippen MR) is 68.5 cm³/mol. The molecule has 2 aromatic rings. The fourth-order valence-corrected chi connectivity index (χ4v) is 2.94. The van der Waals surface area contributed by atoms with E-state index in [4.69, 9.17) is 0 Å². The first-order valence-corrected chi connectivity index (χ1v) is 6.47. The van der Waals surface area contributed by atoms with Crippen LogP contribution in [0.15, 0.2) is 28.9 Å². The molecule has 0 amide bonds. The largest absolute Gasteiger partial charge is 0.312 e. The molecule has 3 rings (SSSR count). The van der Waals surface area contributed by atoms with Crippen molar-refractivity contribution in [2.24, 2.45) is 0 Å². The van der Waals surface area contributed by atoms with Crippen LogP contribution in [-0.4, -0.2) is 22.4 Å². The number of rotatable bonds is 2. The molecule has 1 aliphatic rings. The molecule has 2 heterocycles. The van der Waals surface area contributed by atoms with E-state index in [0.29, 0.717) is 6.04 Å². The Bertz CT molecular complexity index is 500. The molecule has 1 N–H and O–H groups in total. The zero-order chi connectivity index (χ0) is 11.0. The van der Waals surface area contributed by atoms with Crippen molar-refractivity contribution in [3.63, 3.8) is 0 Å². The van der Waals surface area contributed by atoms with Crippen LogP contribution >= 0.6 is 15.9 Å². The molecular formula is C12H14BrN3. The molecule has 0 spiro atoms. The standard InChI is InChI=1S/C12H14BrN3/c13-11-5-1-3-9-7-15-16(12(9)11)8-10-4-2-6-14-10/h1,3,5,7,10,14H,2,4,6,8H2. The number of nitrogens with zero attached hydrogens (tertiary/aromatic N) is 2. The molecule has 3 nitrogen and oxygen atoms in total. The van der Waals surface area contributed by atoms with Crippen LogP contribution in [0.4, 0.5) is 0 Å².